The average molecular weight is 437 g/mol. The normalized spacial score (nSPS) is 15.1. The van der Waals surface area contributed by atoms with E-state index >= 15 is 0 Å². The lowest BCUT2D eigenvalue weighted by Gasteiger charge is -2.25. The molecule has 0 bridgehead atoms. The maximum absolute atomic E-state index is 12.6. The van der Waals surface area contributed by atoms with Crippen LogP contribution in [0.1, 0.15) is 24.8 Å². The van der Waals surface area contributed by atoms with E-state index in [0.717, 1.165) is 24.8 Å². The molecule has 2 aromatic carbocycles. The molecule has 0 atom stereocenters. The lowest BCUT2D eigenvalue weighted by atomic mass is 10.1. The van der Waals surface area contributed by atoms with Gasteiger partial charge in [0.15, 0.2) is 0 Å². The molecule has 0 saturated carbocycles. The Morgan fingerprint density at radius 1 is 1.07 bits per heavy atom. The number of hydrogen-bond acceptors (Lipinski definition) is 4. The first-order valence-electron chi connectivity index (χ1n) is 9.69. The maximum atomic E-state index is 12.6. The van der Waals surface area contributed by atoms with Gasteiger partial charge in [-0.05, 0) is 54.8 Å². The number of rotatable bonds is 8. The van der Waals surface area contributed by atoms with E-state index in [9.17, 15) is 13.2 Å². The number of amides is 1. The van der Waals surface area contributed by atoms with Crippen molar-refractivity contribution in [3.8, 4) is 5.75 Å². The summed E-state index contributed by atoms with van der Waals surface area (Å²) in [7, 11) is -3.44. The zero-order chi connectivity index (χ0) is 20.7. The molecule has 6 nitrogen and oxygen atoms in total. The molecule has 1 saturated heterocycles. The van der Waals surface area contributed by atoms with Crippen LogP contribution in [0, 0.1) is 0 Å². The van der Waals surface area contributed by atoms with E-state index in [2.05, 4.69) is 5.32 Å². The van der Waals surface area contributed by atoms with Crippen molar-refractivity contribution in [2.75, 3.05) is 26.2 Å². The van der Waals surface area contributed by atoms with Crippen LogP contribution in [-0.2, 0) is 21.2 Å². The summed E-state index contributed by atoms with van der Waals surface area (Å²) in [6.45, 7) is 1.80. The molecule has 1 amide bonds. The second-order valence-corrected chi connectivity index (χ2v) is 9.32. The highest BCUT2D eigenvalue weighted by Crippen LogP contribution is 2.22. The zero-order valence-corrected chi connectivity index (χ0v) is 17.7. The molecule has 2 aromatic rings. The van der Waals surface area contributed by atoms with Crippen molar-refractivity contribution in [2.24, 2.45) is 0 Å². The minimum absolute atomic E-state index is 0.112. The molecule has 29 heavy (non-hydrogen) atoms. The van der Waals surface area contributed by atoms with Gasteiger partial charge in [-0.25, -0.2) is 8.42 Å². The van der Waals surface area contributed by atoms with E-state index < -0.39 is 10.0 Å². The fourth-order valence-corrected chi connectivity index (χ4v) is 4.95. The molecule has 156 valence electrons. The third kappa shape index (κ3) is 6.19. The highest BCUT2D eigenvalue weighted by Gasteiger charge is 2.25. The summed E-state index contributed by atoms with van der Waals surface area (Å²) >= 11 is 5.91. The molecule has 1 fully saturated rings. The number of carbonyl (C=O) groups is 1. The van der Waals surface area contributed by atoms with Gasteiger partial charge in [0.05, 0.1) is 17.9 Å². The summed E-state index contributed by atoms with van der Waals surface area (Å²) in [6.07, 6.45) is 3.14. The Morgan fingerprint density at radius 2 is 1.79 bits per heavy atom. The molecule has 0 aliphatic carbocycles. The minimum Gasteiger partial charge on any atom is -0.492 e. The Labute approximate surface area is 176 Å². The van der Waals surface area contributed by atoms with Crippen molar-refractivity contribution in [3.05, 3.63) is 59.1 Å². The minimum atomic E-state index is -3.44. The highest BCUT2D eigenvalue weighted by atomic mass is 35.5. The molecule has 0 spiro atoms. The fraction of sp³-hybridized carbons (Fsp3) is 0.381. The van der Waals surface area contributed by atoms with Gasteiger partial charge in [-0.15, -0.1) is 0 Å². The molecule has 1 aliphatic heterocycles. The van der Waals surface area contributed by atoms with E-state index in [4.69, 9.17) is 16.3 Å². The third-order valence-electron chi connectivity index (χ3n) is 4.72. The van der Waals surface area contributed by atoms with E-state index in [-0.39, 0.29) is 17.2 Å². The number of piperidine rings is 1. The van der Waals surface area contributed by atoms with Gasteiger partial charge >= 0.3 is 0 Å². The van der Waals surface area contributed by atoms with Crippen LogP contribution in [0.25, 0.3) is 0 Å². The molecule has 0 radical (unpaired) electrons. The van der Waals surface area contributed by atoms with E-state index in [1.165, 1.54) is 0 Å². The molecular weight excluding hydrogens is 412 g/mol. The van der Waals surface area contributed by atoms with E-state index in [0.29, 0.717) is 37.0 Å². The fourth-order valence-electron chi connectivity index (χ4n) is 3.22. The van der Waals surface area contributed by atoms with Crippen molar-refractivity contribution in [2.45, 2.75) is 30.6 Å². The second-order valence-electron chi connectivity index (χ2n) is 6.94. The number of hydrogen-bond donors (Lipinski definition) is 1. The van der Waals surface area contributed by atoms with Crippen LogP contribution >= 0.6 is 11.6 Å². The standard InChI is InChI=1S/C21H25ClN2O4S/c22-18-6-4-5-17(15-18)16-21(25)23-11-14-28-19-7-9-20(10-8-19)29(26,27)24-12-2-1-3-13-24/h4-10,15H,1-3,11-14,16H2,(H,23,25). The maximum Gasteiger partial charge on any atom is 0.243 e. The first-order chi connectivity index (χ1) is 13.9. The molecule has 1 N–H and O–H groups in total. The Kier molecular flexibility index (Phi) is 7.52. The third-order valence-corrected chi connectivity index (χ3v) is 6.87. The molecule has 1 aliphatic rings. The van der Waals surface area contributed by atoms with Crippen molar-refractivity contribution in [1.82, 2.24) is 9.62 Å². The van der Waals surface area contributed by atoms with Gasteiger partial charge in [-0.3, -0.25) is 4.79 Å². The Morgan fingerprint density at radius 3 is 2.48 bits per heavy atom. The van der Waals surface area contributed by atoms with Crippen molar-refractivity contribution in [3.63, 3.8) is 0 Å². The van der Waals surface area contributed by atoms with Gasteiger partial charge in [0.2, 0.25) is 15.9 Å². The van der Waals surface area contributed by atoms with Crippen molar-refractivity contribution in [1.29, 1.82) is 0 Å². The van der Waals surface area contributed by atoms with E-state index in [1.807, 2.05) is 12.1 Å². The van der Waals surface area contributed by atoms with Gasteiger partial charge in [-0.2, -0.15) is 4.31 Å². The quantitative estimate of drug-likeness (QED) is 0.644. The Bertz CT molecular complexity index is 926. The van der Waals surface area contributed by atoms with Gasteiger partial charge < -0.3 is 10.1 Å². The first kappa shape index (κ1) is 21.6. The Hall–Kier alpha value is -2.09. The lowest BCUT2D eigenvalue weighted by Crippen LogP contribution is -2.35. The topological polar surface area (TPSA) is 75.7 Å². The number of benzene rings is 2. The Balaban J connectivity index is 1.43. The molecular formula is C21H25ClN2O4S. The summed E-state index contributed by atoms with van der Waals surface area (Å²) in [4.78, 5) is 12.2. The first-order valence-corrected chi connectivity index (χ1v) is 11.5. The molecule has 8 heteroatoms. The van der Waals surface area contributed by atoms with Crippen LogP contribution in [-0.4, -0.2) is 44.9 Å². The van der Waals surface area contributed by atoms with Gasteiger partial charge in [0.1, 0.15) is 12.4 Å². The monoisotopic (exact) mass is 436 g/mol. The largest absolute Gasteiger partial charge is 0.492 e. The number of ether oxygens (including phenoxy) is 1. The zero-order valence-electron chi connectivity index (χ0n) is 16.1. The van der Waals surface area contributed by atoms with E-state index in [1.54, 1.807) is 40.7 Å². The van der Waals surface area contributed by atoms with Crippen LogP contribution in [0.3, 0.4) is 0 Å². The lowest BCUT2D eigenvalue weighted by molar-refractivity contribution is -0.120. The van der Waals surface area contributed by atoms with Crippen LogP contribution in [0.2, 0.25) is 5.02 Å². The smallest absolute Gasteiger partial charge is 0.243 e. The van der Waals surface area contributed by atoms with Gasteiger partial charge in [0.25, 0.3) is 0 Å². The average Bonchev–Trinajstić information content (AvgIpc) is 2.72. The van der Waals surface area contributed by atoms with Gasteiger partial charge in [-0.1, -0.05) is 30.2 Å². The predicted octanol–water partition coefficient (Wildman–Crippen LogP) is 3.25. The predicted molar refractivity (Wildman–Crippen MR) is 113 cm³/mol. The van der Waals surface area contributed by atoms with Crippen molar-refractivity contribution >= 4 is 27.5 Å². The summed E-state index contributed by atoms with van der Waals surface area (Å²) in [5.74, 6) is 0.450. The van der Waals surface area contributed by atoms with Crippen LogP contribution < -0.4 is 10.1 Å². The van der Waals surface area contributed by atoms with Crippen LogP contribution in [0.5, 0.6) is 5.75 Å². The SMILES string of the molecule is O=C(Cc1cccc(Cl)c1)NCCOc1ccc(S(=O)(=O)N2CCCCC2)cc1. The summed E-state index contributed by atoms with van der Waals surface area (Å²) in [6, 6.07) is 13.6. The summed E-state index contributed by atoms with van der Waals surface area (Å²) in [5, 5.41) is 3.39. The number of nitrogens with one attached hydrogen (secondary N) is 1. The highest BCUT2D eigenvalue weighted by molar-refractivity contribution is 7.89. The van der Waals surface area contributed by atoms with Crippen LogP contribution in [0.15, 0.2) is 53.4 Å². The second kappa shape index (κ2) is 10.1. The number of halogens is 1. The molecule has 0 unspecified atom stereocenters. The summed E-state index contributed by atoms with van der Waals surface area (Å²) < 4.78 is 32.4. The number of nitrogens with zero attached hydrogens (tertiary/aromatic N) is 1. The summed E-state index contributed by atoms with van der Waals surface area (Å²) in [5.41, 5.74) is 0.849. The number of carbonyl (C=O) groups excluding carboxylic acids is 1. The molecule has 0 aromatic heterocycles. The molecule has 3 rings (SSSR count). The number of sulfonamides is 1. The van der Waals surface area contributed by atoms with Crippen LogP contribution in [0.4, 0.5) is 0 Å². The molecule has 1 heterocycles. The van der Waals surface area contributed by atoms with Crippen molar-refractivity contribution < 1.29 is 17.9 Å². The van der Waals surface area contributed by atoms with Gasteiger partial charge in [0, 0.05) is 18.1 Å².